The van der Waals surface area contributed by atoms with Gasteiger partial charge in [0, 0.05) is 5.56 Å². The minimum Gasteiger partial charge on any atom is -0.478 e. The zero-order valence-corrected chi connectivity index (χ0v) is 20.3. The van der Waals surface area contributed by atoms with Crippen LogP contribution in [0.2, 0.25) is 0 Å². The number of sulfone groups is 2. The molecule has 0 saturated carbocycles. The first-order chi connectivity index (χ1) is 15.9. The number of benzene rings is 3. The van der Waals surface area contributed by atoms with E-state index in [1.165, 1.54) is 36.4 Å². The third-order valence-electron chi connectivity index (χ3n) is 5.49. The minimum atomic E-state index is -4.01. The molecule has 0 amide bonds. The number of carboxylic acids is 1. The number of carbonyl (C=O) groups is 2. The zero-order valence-electron chi connectivity index (χ0n) is 18.6. The van der Waals surface area contributed by atoms with Gasteiger partial charge in [-0.05, 0) is 49.2 Å². The molecule has 0 unspecified atom stereocenters. The molecule has 0 heterocycles. The summed E-state index contributed by atoms with van der Waals surface area (Å²) in [4.78, 5) is 24.5. The first kappa shape index (κ1) is 25.3. The minimum absolute atomic E-state index is 0.0299. The van der Waals surface area contributed by atoms with Crippen molar-refractivity contribution in [2.45, 2.75) is 23.6 Å². The molecule has 0 atom stereocenters. The van der Waals surface area contributed by atoms with Crippen molar-refractivity contribution in [2.24, 2.45) is 5.92 Å². The van der Waals surface area contributed by atoms with Gasteiger partial charge in [-0.1, -0.05) is 48.5 Å². The average Bonchev–Trinajstić information content (AvgIpc) is 2.78. The Morgan fingerprint density at radius 1 is 0.676 bits per heavy atom. The molecule has 1 N–H and O–H groups in total. The monoisotopic (exact) mass is 500 g/mol. The Hall–Kier alpha value is -3.30. The Kier molecular flexibility index (Phi) is 7.38. The molecule has 0 fully saturated rings. The van der Waals surface area contributed by atoms with E-state index in [4.69, 9.17) is 5.11 Å². The summed E-state index contributed by atoms with van der Waals surface area (Å²) in [6.45, 7) is 3.25. The number of hydrogen-bond donors (Lipinski definition) is 1. The van der Waals surface area contributed by atoms with Crippen LogP contribution in [0.5, 0.6) is 0 Å². The second-order valence-electron chi connectivity index (χ2n) is 8.04. The van der Waals surface area contributed by atoms with Crippen molar-refractivity contribution >= 4 is 31.4 Å². The average molecular weight is 501 g/mol. The second-order valence-corrected chi connectivity index (χ2v) is 12.0. The van der Waals surface area contributed by atoms with Crippen molar-refractivity contribution < 1.29 is 31.5 Å². The molecular weight excluding hydrogens is 476 g/mol. The molecule has 3 rings (SSSR count). The molecule has 7 nitrogen and oxygen atoms in total. The Morgan fingerprint density at radius 3 is 1.44 bits per heavy atom. The Balaban J connectivity index is 2.04. The topological polar surface area (TPSA) is 123 Å². The highest BCUT2D eigenvalue weighted by Crippen LogP contribution is 2.25. The summed E-state index contributed by atoms with van der Waals surface area (Å²) < 4.78 is 52.8. The van der Waals surface area contributed by atoms with Gasteiger partial charge in [0.25, 0.3) is 0 Å². The summed E-state index contributed by atoms with van der Waals surface area (Å²) in [6, 6.07) is 17.5. The van der Waals surface area contributed by atoms with E-state index >= 15 is 0 Å². The van der Waals surface area contributed by atoms with Crippen LogP contribution in [0.1, 0.15) is 31.8 Å². The molecule has 0 aliphatic heterocycles. The van der Waals surface area contributed by atoms with E-state index in [0.29, 0.717) is 11.1 Å². The number of rotatable bonds is 9. The van der Waals surface area contributed by atoms with Crippen LogP contribution < -0.4 is 0 Å². The van der Waals surface area contributed by atoms with Gasteiger partial charge in [-0.15, -0.1) is 0 Å². The van der Waals surface area contributed by atoms with Gasteiger partial charge >= 0.3 is 5.97 Å². The maximum atomic E-state index is 13.3. The number of Topliss-reactive ketones (excluding diaryl/α,β-unsaturated/α-hetero) is 1. The highest BCUT2D eigenvalue weighted by atomic mass is 32.2. The summed E-state index contributed by atoms with van der Waals surface area (Å²) in [7, 11) is -8.02. The van der Waals surface area contributed by atoms with Gasteiger partial charge in [-0.2, -0.15) is 0 Å². The summed E-state index contributed by atoms with van der Waals surface area (Å²) >= 11 is 0. The lowest BCUT2D eigenvalue weighted by atomic mass is 10.00. The highest BCUT2D eigenvalue weighted by molar-refractivity contribution is 7.92. The largest absolute Gasteiger partial charge is 0.478 e. The highest BCUT2D eigenvalue weighted by Gasteiger charge is 2.33. The molecular formula is C25H24O7S2. The predicted octanol–water partition coefficient (Wildman–Crippen LogP) is 3.75. The van der Waals surface area contributed by atoms with Crippen molar-refractivity contribution in [3.05, 3.63) is 95.1 Å². The molecule has 0 aromatic heterocycles. The van der Waals surface area contributed by atoms with Crippen LogP contribution in [0.25, 0.3) is 0 Å². The van der Waals surface area contributed by atoms with Gasteiger partial charge in [-0.3, -0.25) is 4.79 Å². The van der Waals surface area contributed by atoms with Crippen LogP contribution in [0.3, 0.4) is 0 Å². The maximum absolute atomic E-state index is 13.3. The number of hydrogen-bond acceptors (Lipinski definition) is 6. The quantitative estimate of drug-likeness (QED) is 0.444. The van der Waals surface area contributed by atoms with Crippen molar-refractivity contribution in [3.8, 4) is 0 Å². The number of aromatic carboxylic acids is 1. The fourth-order valence-electron chi connectivity index (χ4n) is 3.73. The molecule has 0 aliphatic rings. The lowest BCUT2D eigenvalue weighted by Crippen LogP contribution is -2.31. The molecule has 0 spiro atoms. The van der Waals surface area contributed by atoms with Crippen LogP contribution in [0, 0.1) is 19.8 Å². The van der Waals surface area contributed by atoms with Crippen molar-refractivity contribution in [3.63, 3.8) is 0 Å². The zero-order chi connectivity index (χ0) is 25.1. The van der Waals surface area contributed by atoms with E-state index in [1.807, 2.05) is 0 Å². The van der Waals surface area contributed by atoms with E-state index < -0.39 is 48.9 Å². The van der Waals surface area contributed by atoms with E-state index in [-0.39, 0.29) is 20.9 Å². The molecule has 3 aromatic carbocycles. The molecule has 0 bridgehead atoms. The molecule has 178 valence electrons. The summed E-state index contributed by atoms with van der Waals surface area (Å²) in [6.07, 6.45) is 0. The van der Waals surface area contributed by atoms with E-state index in [0.717, 1.165) is 0 Å². The van der Waals surface area contributed by atoms with E-state index in [2.05, 4.69) is 0 Å². The maximum Gasteiger partial charge on any atom is 0.335 e. The first-order valence-electron chi connectivity index (χ1n) is 10.4. The van der Waals surface area contributed by atoms with Crippen LogP contribution in [0.15, 0.2) is 82.6 Å². The van der Waals surface area contributed by atoms with Gasteiger partial charge < -0.3 is 5.11 Å². The third kappa shape index (κ3) is 5.60. The van der Waals surface area contributed by atoms with Crippen LogP contribution in [0.4, 0.5) is 0 Å². The number of carboxylic acid groups (broad SMARTS) is 1. The van der Waals surface area contributed by atoms with Gasteiger partial charge in [0.2, 0.25) is 0 Å². The summed E-state index contributed by atoms with van der Waals surface area (Å²) in [5.74, 6) is -4.68. The number of carbonyl (C=O) groups excluding carboxylic acids is 1. The van der Waals surface area contributed by atoms with Crippen LogP contribution >= 0.6 is 0 Å². The lowest BCUT2D eigenvalue weighted by molar-refractivity contribution is 0.0696. The van der Waals surface area contributed by atoms with Crippen molar-refractivity contribution in [1.29, 1.82) is 0 Å². The molecule has 0 radical (unpaired) electrons. The first-order valence-corrected chi connectivity index (χ1v) is 13.7. The molecule has 34 heavy (non-hydrogen) atoms. The standard InChI is InChI=1S/C25H24O7S2/c1-17-7-3-5-9-22(17)33(29,30)15-21(16-34(31,32)23-10-6-4-8-18(23)2)24(26)19-11-13-20(14-12-19)25(27)28/h3-14,21H,15-16H2,1-2H3,(H,27,28). The third-order valence-corrected chi connectivity index (χ3v) is 9.42. The summed E-state index contributed by atoms with van der Waals surface area (Å²) in [5, 5.41) is 9.09. The van der Waals surface area contributed by atoms with Crippen molar-refractivity contribution in [2.75, 3.05) is 11.5 Å². The predicted molar refractivity (Wildman–Crippen MR) is 128 cm³/mol. The van der Waals surface area contributed by atoms with E-state index in [1.54, 1.807) is 50.2 Å². The van der Waals surface area contributed by atoms with Gasteiger partial charge in [0.1, 0.15) is 0 Å². The Bertz CT molecular complexity index is 1360. The Labute approximate surface area is 198 Å². The Morgan fingerprint density at radius 2 is 1.06 bits per heavy atom. The molecule has 3 aromatic rings. The SMILES string of the molecule is Cc1ccccc1S(=O)(=O)CC(CS(=O)(=O)c1ccccc1C)C(=O)c1ccc(C(=O)O)cc1. The second kappa shape index (κ2) is 9.90. The van der Waals surface area contributed by atoms with Crippen molar-refractivity contribution in [1.82, 2.24) is 0 Å². The lowest BCUT2D eigenvalue weighted by Gasteiger charge is -2.18. The van der Waals surface area contributed by atoms with Crippen LogP contribution in [-0.2, 0) is 19.7 Å². The molecule has 0 saturated heterocycles. The summed E-state index contributed by atoms with van der Waals surface area (Å²) in [5.41, 5.74) is 0.964. The van der Waals surface area contributed by atoms with Crippen LogP contribution in [-0.4, -0.2) is 45.2 Å². The number of ketones is 1. The fraction of sp³-hybridized carbons (Fsp3) is 0.200. The number of aryl methyl sites for hydroxylation is 2. The smallest absolute Gasteiger partial charge is 0.335 e. The van der Waals surface area contributed by atoms with Gasteiger partial charge in [0.05, 0.1) is 32.8 Å². The van der Waals surface area contributed by atoms with Gasteiger partial charge in [0.15, 0.2) is 25.5 Å². The van der Waals surface area contributed by atoms with E-state index in [9.17, 15) is 26.4 Å². The normalized spacial score (nSPS) is 12.0. The molecule has 9 heteroatoms. The molecule has 0 aliphatic carbocycles. The fourth-order valence-corrected chi connectivity index (χ4v) is 7.53. The van der Waals surface area contributed by atoms with Gasteiger partial charge in [-0.25, -0.2) is 21.6 Å².